The first-order valence-electron chi connectivity index (χ1n) is 7.70. The molecule has 8 heteroatoms. The van der Waals surface area contributed by atoms with Gasteiger partial charge in [0.2, 0.25) is 0 Å². The van der Waals surface area contributed by atoms with E-state index in [0.717, 1.165) is 17.7 Å². The number of rotatable bonds is 5. The van der Waals surface area contributed by atoms with Gasteiger partial charge in [-0.05, 0) is 36.2 Å². The number of hydrogen-bond acceptors (Lipinski definition) is 4. The van der Waals surface area contributed by atoms with Crippen LogP contribution in [0.1, 0.15) is 15.9 Å². The lowest BCUT2D eigenvalue weighted by molar-refractivity contribution is 0.0945. The Hall–Kier alpha value is -3.05. The van der Waals surface area contributed by atoms with Gasteiger partial charge in [0, 0.05) is 18.2 Å². The number of terminal acetylenes is 1. The highest BCUT2D eigenvalue weighted by molar-refractivity contribution is 7.92. The molecular formula is C18H15FN2O4S. The van der Waals surface area contributed by atoms with Crippen molar-refractivity contribution in [2.24, 2.45) is 0 Å². The largest absolute Gasteiger partial charge is 0.479 e. The van der Waals surface area contributed by atoms with Crippen molar-refractivity contribution in [3.05, 3.63) is 53.3 Å². The number of carbonyl (C=O) groups excluding carboxylic acids is 1. The minimum atomic E-state index is -4.01. The first kappa shape index (κ1) is 17.8. The molecule has 2 N–H and O–H groups in total. The molecule has 0 radical (unpaired) electrons. The zero-order valence-electron chi connectivity index (χ0n) is 13.6. The molecule has 0 saturated carbocycles. The molecule has 0 aliphatic carbocycles. The number of fused-ring (bicyclic) bond motifs is 1. The summed E-state index contributed by atoms with van der Waals surface area (Å²) in [4.78, 5) is 11.8. The lowest BCUT2D eigenvalue weighted by Crippen LogP contribution is -2.32. The van der Waals surface area contributed by atoms with Gasteiger partial charge in [-0.25, -0.2) is 12.8 Å². The average molecular weight is 374 g/mol. The minimum absolute atomic E-state index is 0.0257. The van der Waals surface area contributed by atoms with E-state index in [4.69, 9.17) is 11.2 Å². The number of sulfonamides is 1. The summed E-state index contributed by atoms with van der Waals surface area (Å²) in [6.45, 7) is 0.374. The Labute approximate surface area is 150 Å². The van der Waals surface area contributed by atoms with Gasteiger partial charge in [-0.3, -0.25) is 9.52 Å². The third-order valence-corrected chi connectivity index (χ3v) is 5.18. The molecule has 0 atom stereocenters. The van der Waals surface area contributed by atoms with E-state index < -0.39 is 15.8 Å². The smallest absolute Gasteiger partial charge is 0.262 e. The molecular weight excluding hydrogens is 359 g/mol. The summed E-state index contributed by atoms with van der Waals surface area (Å²) in [6.07, 6.45) is 5.75. The monoisotopic (exact) mass is 374 g/mol. The number of halogens is 1. The van der Waals surface area contributed by atoms with Crippen LogP contribution >= 0.6 is 0 Å². The van der Waals surface area contributed by atoms with E-state index in [-0.39, 0.29) is 28.8 Å². The third-order valence-electron chi connectivity index (χ3n) is 3.82. The molecule has 0 unspecified atom stereocenters. The summed E-state index contributed by atoms with van der Waals surface area (Å²) in [6, 6.07) is 7.73. The van der Waals surface area contributed by atoms with Gasteiger partial charge in [-0.2, -0.15) is 0 Å². The Morgan fingerprint density at radius 1 is 1.27 bits per heavy atom. The number of amides is 1. The number of ether oxygens (including phenoxy) is 1. The van der Waals surface area contributed by atoms with Gasteiger partial charge in [0.15, 0.2) is 0 Å². The maximum absolute atomic E-state index is 13.4. The lowest BCUT2D eigenvalue weighted by Gasteiger charge is -2.18. The zero-order valence-corrected chi connectivity index (χ0v) is 14.4. The molecule has 1 heterocycles. The molecule has 0 aromatic heterocycles. The molecule has 0 bridgehead atoms. The molecule has 134 valence electrons. The van der Waals surface area contributed by atoms with Crippen molar-refractivity contribution in [2.75, 3.05) is 17.9 Å². The topological polar surface area (TPSA) is 84.5 Å². The maximum atomic E-state index is 13.4. The van der Waals surface area contributed by atoms with Crippen molar-refractivity contribution in [2.45, 2.75) is 11.3 Å². The van der Waals surface area contributed by atoms with Crippen LogP contribution in [0.2, 0.25) is 0 Å². The van der Waals surface area contributed by atoms with Crippen LogP contribution in [0.25, 0.3) is 0 Å². The van der Waals surface area contributed by atoms with Gasteiger partial charge >= 0.3 is 0 Å². The van der Waals surface area contributed by atoms with Gasteiger partial charge in [0.1, 0.15) is 18.2 Å². The van der Waals surface area contributed by atoms with Crippen LogP contribution in [-0.4, -0.2) is 27.5 Å². The second-order valence-electron chi connectivity index (χ2n) is 5.56. The van der Waals surface area contributed by atoms with Crippen molar-refractivity contribution < 1.29 is 22.3 Å². The highest BCUT2D eigenvalue weighted by Crippen LogP contribution is 2.28. The van der Waals surface area contributed by atoms with Crippen LogP contribution in [0, 0.1) is 18.2 Å². The van der Waals surface area contributed by atoms with Gasteiger partial charge in [0.25, 0.3) is 15.9 Å². The van der Waals surface area contributed by atoms with Crippen LogP contribution in [0.4, 0.5) is 10.1 Å². The first-order chi connectivity index (χ1) is 12.4. The number of hydrogen-bond donors (Lipinski definition) is 2. The van der Waals surface area contributed by atoms with Crippen LogP contribution in [0.3, 0.4) is 0 Å². The van der Waals surface area contributed by atoms with Crippen molar-refractivity contribution in [3.63, 3.8) is 0 Å². The van der Waals surface area contributed by atoms with E-state index in [0.29, 0.717) is 18.5 Å². The van der Waals surface area contributed by atoms with Gasteiger partial charge < -0.3 is 10.1 Å². The summed E-state index contributed by atoms with van der Waals surface area (Å²) >= 11 is 0. The Morgan fingerprint density at radius 3 is 2.85 bits per heavy atom. The Kier molecular flexibility index (Phi) is 4.82. The molecule has 0 saturated heterocycles. The van der Waals surface area contributed by atoms with E-state index in [1.54, 1.807) is 6.07 Å². The van der Waals surface area contributed by atoms with Crippen molar-refractivity contribution in [1.29, 1.82) is 0 Å². The fraction of sp³-hybridized carbons (Fsp3) is 0.167. The minimum Gasteiger partial charge on any atom is -0.479 e. The number of carbonyl (C=O) groups is 1. The molecule has 1 aliphatic rings. The number of benzene rings is 2. The second kappa shape index (κ2) is 7.06. The van der Waals surface area contributed by atoms with Gasteiger partial charge in [-0.1, -0.05) is 12.0 Å². The van der Waals surface area contributed by atoms with E-state index >= 15 is 0 Å². The van der Waals surface area contributed by atoms with E-state index in [2.05, 4.69) is 16.0 Å². The standard InChI is InChI=1S/C18H15FN2O4S/c1-2-9-25-17-10-13(19)4-6-16(17)21-26(23,24)14-5-3-12-7-8-20-18(22)15(12)11-14/h1,3-6,10-11,21H,7-9H2,(H,20,22). The normalized spacial score (nSPS) is 13.3. The van der Waals surface area contributed by atoms with Crippen LogP contribution < -0.4 is 14.8 Å². The van der Waals surface area contributed by atoms with Crippen molar-refractivity contribution >= 4 is 21.6 Å². The summed E-state index contributed by atoms with van der Waals surface area (Å²) < 4.78 is 46.3. The highest BCUT2D eigenvalue weighted by atomic mass is 32.2. The summed E-state index contributed by atoms with van der Waals surface area (Å²) in [7, 11) is -4.01. The predicted molar refractivity (Wildman–Crippen MR) is 94.0 cm³/mol. The van der Waals surface area contributed by atoms with Gasteiger partial charge in [-0.15, -0.1) is 6.42 Å². The number of nitrogens with one attached hydrogen (secondary N) is 2. The Balaban J connectivity index is 1.94. The lowest BCUT2D eigenvalue weighted by atomic mass is 10.0. The maximum Gasteiger partial charge on any atom is 0.262 e. The van der Waals surface area contributed by atoms with E-state index in [1.165, 1.54) is 18.2 Å². The third kappa shape index (κ3) is 3.63. The molecule has 1 aliphatic heterocycles. The quantitative estimate of drug-likeness (QED) is 0.784. The molecule has 6 nitrogen and oxygen atoms in total. The van der Waals surface area contributed by atoms with Crippen molar-refractivity contribution in [3.8, 4) is 18.1 Å². The van der Waals surface area contributed by atoms with Crippen LogP contribution in [0.5, 0.6) is 5.75 Å². The SMILES string of the molecule is C#CCOc1cc(F)ccc1NS(=O)(=O)c1ccc2c(c1)C(=O)NCC2. The molecule has 0 fully saturated rings. The summed E-state index contributed by atoms with van der Waals surface area (Å²) in [5.41, 5.74) is 1.15. The Morgan fingerprint density at radius 2 is 2.08 bits per heavy atom. The van der Waals surface area contributed by atoms with Crippen LogP contribution in [0.15, 0.2) is 41.3 Å². The van der Waals surface area contributed by atoms with Crippen molar-refractivity contribution in [1.82, 2.24) is 5.32 Å². The molecule has 2 aromatic carbocycles. The highest BCUT2D eigenvalue weighted by Gasteiger charge is 2.22. The molecule has 1 amide bonds. The second-order valence-corrected chi connectivity index (χ2v) is 7.25. The van der Waals surface area contributed by atoms with E-state index in [1.807, 2.05) is 0 Å². The fourth-order valence-electron chi connectivity index (χ4n) is 2.58. The predicted octanol–water partition coefficient (Wildman–Crippen LogP) is 1.92. The first-order valence-corrected chi connectivity index (χ1v) is 9.19. The summed E-state index contributed by atoms with van der Waals surface area (Å²) in [5, 5.41) is 2.67. The molecule has 26 heavy (non-hydrogen) atoms. The average Bonchev–Trinajstić information content (AvgIpc) is 2.62. The molecule has 0 spiro atoms. The van der Waals surface area contributed by atoms with E-state index in [9.17, 15) is 17.6 Å². The summed E-state index contributed by atoms with van der Waals surface area (Å²) in [5.74, 6) is 1.30. The molecule has 3 rings (SSSR count). The zero-order chi connectivity index (χ0) is 18.7. The Bertz CT molecular complexity index is 1010. The number of anilines is 1. The fourth-order valence-corrected chi connectivity index (χ4v) is 3.68. The van der Waals surface area contributed by atoms with Gasteiger partial charge in [0.05, 0.1) is 10.6 Å². The van der Waals surface area contributed by atoms with Crippen LogP contribution in [-0.2, 0) is 16.4 Å². The molecule has 2 aromatic rings.